The molecule has 2 rings (SSSR count). The summed E-state index contributed by atoms with van der Waals surface area (Å²) in [7, 11) is 1.66. The number of anilines is 1. The molecule has 0 saturated heterocycles. The molecule has 134 valence electrons. The van der Waals surface area contributed by atoms with E-state index in [9.17, 15) is 4.79 Å². The Balaban J connectivity index is 1.84. The first kappa shape index (κ1) is 18.8. The number of nitrogens with one attached hydrogen (secondary N) is 2. The van der Waals surface area contributed by atoms with Gasteiger partial charge in [0.2, 0.25) is 0 Å². The zero-order chi connectivity index (χ0) is 17.9. The van der Waals surface area contributed by atoms with E-state index in [2.05, 4.69) is 22.5 Å². The number of benzene rings is 1. The van der Waals surface area contributed by atoms with Crippen molar-refractivity contribution in [2.45, 2.75) is 32.6 Å². The van der Waals surface area contributed by atoms with Gasteiger partial charge in [-0.1, -0.05) is 38.0 Å². The summed E-state index contributed by atoms with van der Waals surface area (Å²) in [6.07, 6.45) is 5.87. The third kappa shape index (κ3) is 6.10. The molecule has 0 aliphatic rings. The molecule has 0 spiro atoms. The molecule has 1 aromatic carbocycles. The normalized spacial score (nSPS) is 10.3. The maximum absolute atomic E-state index is 12.3. The first-order chi connectivity index (χ1) is 12.2. The maximum Gasteiger partial charge on any atom is 0.251 e. The molecule has 2 N–H and O–H groups in total. The van der Waals surface area contributed by atoms with Gasteiger partial charge in [-0.05, 0) is 36.6 Å². The van der Waals surface area contributed by atoms with Gasteiger partial charge in [-0.15, -0.1) is 0 Å². The zero-order valence-electron chi connectivity index (χ0n) is 15.0. The van der Waals surface area contributed by atoms with Crippen LogP contribution in [0.4, 0.5) is 5.82 Å². The molecule has 2 aromatic rings. The van der Waals surface area contributed by atoms with Crippen LogP contribution in [0.2, 0.25) is 0 Å². The van der Waals surface area contributed by atoms with Gasteiger partial charge in [0, 0.05) is 24.8 Å². The Kier molecular flexibility index (Phi) is 7.76. The van der Waals surface area contributed by atoms with Crippen LogP contribution in [0.5, 0.6) is 5.75 Å². The van der Waals surface area contributed by atoms with Crippen molar-refractivity contribution < 1.29 is 9.53 Å². The van der Waals surface area contributed by atoms with E-state index in [1.807, 2.05) is 24.3 Å². The highest BCUT2D eigenvalue weighted by Gasteiger charge is 2.07. The summed E-state index contributed by atoms with van der Waals surface area (Å²) in [4.78, 5) is 16.6. The van der Waals surface area contributed by atoms with E-state index < -0.39 is 0 Å². The van der Waals surface area contributed by atoms with Gasteiger partial charge in [0.25, 0.3) is 5.91 Å². The molecule has 0 unspecified atom stereocenters. The summed E-state index contributed by atoms with van der Waals surface area (Å²) in [5.41, 5.74) is 1.70. The minimum absolute atomic E-state index is 0.0890. The number of aromatic nitrogens is 1. The summed E-state index contributed by atoms with van der Waals surface area (Å²) in [5.74, 6) is 1.50. The third-order valence-electron chi connectivity index (χ3n) is 3.98. The van der Waals surface area contributed by atoms with Crippen LogP contribution in [0, 0.1) is 0 Å². The molecule has 0 aliphatic carbocycles. The van der Waals surface area contributed by atoms with Crippen LogP contribution < -0.4 is 15.4 Å². The maximum atomic E-state index is 12.3. The molecule has 1 aromatic heterocycles. The predicted octanol–water partition coefficient (Wildman–Crippen LogP) is 3.66. The molecule has 5 heteroatoms. The monoisotopic (exact) mass is 341 g/mol. The average molecular weight is 341 g/mol. The van der Waals surface area contributed by atoms with Crippen molar-refractivity contribution in [1.29, 1.82) is 0 Å². The largest absolute Gasteiger partial charge is 0.496 e. The first-order valence-electron chi connectivity index (χ1n) is 8.84. The van der Waals surface area contributed by atoms with E-state index in [4.69, 9.17) is 4.74 Å². The van der Waals surface area contributed by atoms with Crippen LogP contribution in [0.3, 0.4) is 0 Å². The molecule has 0 radical (unpaired) electrons. The topological polar surface area (TPSA) is 63.2 Å². The predicted molar refractivity (Wildman–Crippen MR) is 101 cm³/mol. The third-order valence-corrected chi connectivity index (χ3v) is 3.98. The number of para-hydroxylation sites is 1. The molecule has 0 aliphatic heterocycles. The number of carbonyl (C=O) groups excluding carboxylic acids is 1. The van der Waals surface area contributed by atoms with E-state index >= 15 is 0 Å². The van der Waals surface area contributed by atoms with Crippen LogP contribution >= 0.6 is 0 Å². The second-order valence-electron chi connectivity index (χ2n) is 5.88. The van der Waals surface area contributed by atoms with Crippen molar-refractivity contribution in [3.05, 3.63) is 53.7 Å². The Hall–Kier alpha value is -2.56. The molecule has 1 amide bonds. The van der Waals surface area contributed by atoms with Gasteiger partial charge in [-0.2, -0.15) is 0 Å². The summed E-state index contributed by atoms with van der Waals surface area (Å²) in [5, 5.41) is 6.22. The number of unbranched alkanes of at least 4 members (excludes halogenated alkanes) is 2. The van der Waals surface area contributed by atoms with Gasteiger partial charge in [0.1, 0.15) is 11.6 Å². The van der Waals surface area contributed by atoms with Crippen molar-refractivity contribution in [3.8, 4) is 5.75 Å². The van der Waals surface area contributed by atoms with Gasteiger partial charge >= 0.3 is 0 Å². The van der Waals surface area contributed by atoms with Crippen LogP contribution in [-0.4, -0.2) is 31.1 Å². The second-order valence-corrected chi connectivity index (χ2v) is 5.88. The number of hydrogen-bond donors (Lipinski definition) is 2. The minimum atomic E-state index is -0.0890. The second kappa shape index (κ2) is 10.3. The average Bonchev–Trinajstić information content (AvgIpc) is 2.66. The Bertz CT molecular complexity index is 673. The highest BCUT2D eigenvalue weighted by Crippen LogP contribution is 2.17. The van der Waals surface area contributed by atoms with Crippen molar-refractivity contribution in [3.63, 3.8) is 0 Å². The highest BCUT2D eigenvalue weighted by atomic mass is 16.5. The van der Waals surface area contributed by atoms with Crippen LogP contribution in [0.25, 0.3) is 0 Å². The Morgan fingerprint density at radius 1 is 1.16 bits per heavy atom. The lowest BCUT2D eigenvalue weighted by molar-refractivity contribution is 0.0954. The fourth-order valence-corrected chi connectivity index (χ4v) is 2.58. The fraction of sp³-hybridized carbons (Fsp3) is 0.400. The summed E-state index contributed by atoms with van der Waals surface area (Å²) in [6.45, 7) is 3.61. The SMILES string of the molecule is CCCCCNc1cc(C(=O)NCCc2ccccc2OC)ccn1. The fourth-order valence-electron chi connectivity index (χ4n) is 2.58. The van der Waals surface area contributed by atoms with Gasteiger partial charge < -0.3 is 15.4 Å². The summed E-state index contributed by atoms with van der Waals surface area (Å²) < 4.78 is 5.33. The molecule has 0 bridgehead atoms. The van der Waals surface area contributed by atoms with Crippen LogP contribution in [0.1, 0.15) is 42.1 Å². The Morgan fingerprint density at radius 3 is 2.80 bits per heavy atom. The van der Waals surface area contributed by atoms with E-state index in [1.165, 1.54) is 12.8 Å². The summed E-state index contributed by atoms with van der Waals surface area (Å²) >= 11 is 0. The van der Waals surface area contributed by atoms with E-state index in [-0.39, 0.29) is 5.91 Å². The number of methoxy groups -OCH3 is 1. The van der Waals surface area contributed by atoms with Crippen molar-refractivity contribution in [2.24, 2.45) is 0 Å². The molecule has 0 fully saturated rings. The zero-order valence-corrected chi connectivity index (χ0v) is 15.0. The van der Waals surface area contributed by atoms with Gasteiger partial charge in [-0.3, -0.25) is 4.79 Å². The number of nitrogens with zero attached hydrogens (tertiary/aromatic N) is 1. The molecular formula is C20H27N3O2. The molecule has 25 heavy (non-hydrogen) atoms. The number of amides is 1. The molecule has 0 saturated carbocycles. The van der Waals surface area contributed by atoms with Gasteiger partial charge in [0.15, 0.2) is 0 Å². The minimum Gasteiger partial charge on any atom is -0.496 e. The lowest BCUT2D eigenvalue weighted by Crippen LogP contribution is -2.26. The molecule has 5 nitrogen and oxygen atoms in total. The number of ether oxygens (including phenoxy) is 1. The van der Waals surface area contributed by atoms with Crippen molar-refractivity contribution in [1.82, 2.24) is 10.3 Å². The standard InChI is InChI=1S/C20H27N3O2/c1-3-4-7-12-21-19-15-17(11-13-22-19)20(24)23-14-10-16-8-5-6-9-18(16)25-2/h5-6,8-9,11,13,15H,3-4,7,10,12,14H2,1-2H3,(H,21,22)(H,23,24). The van der Waals surface area contributed by atoms with Crippen LogP contribution in [0.15, 0.2) is 42.6 Å². The first-order valence-corrected chi connectivity index (χ1v) is 8.84. The van der Waals surface area contributed by atoms with Crippen molar-refractivity contribution >= 4 is 11.7 Å². The lowest BCUT2D eigenvalue weighted by Gasteiger charge is -2.10. The quantitative estimate of drug-likeness (QED) is 0.647. The Morgan fingerprint density at radius 2 is 2.00 bits per heavy atom. The summed E-state index contributed by atoms with van der Waals surface area (Å²) in [6, 6.07) is 11.4. The smallest absolute Gasteiger partial charge is 0.251 e. The van der Waals surface area contributed by atoms with E-state index in [0.717, 1.165) is 36.5 Å². The highest BCUT2D eigenvalue weighted by molar-refractivity contribution is 5.94. The Labute approximate surface area is 149 Å². The molecule has 0 atom stereocenters. The lowest BCUT2D eigenvalue weighted by atomic mass is 10.1. The molecule has 1 heterocycles. The number of carbonyl (C=O) groups is 1. The number of pyridine rings is 1. The van der Waals surface area contributed by atoms with E-state index in [1.54, 1.807) is 25.4 Å². The van der Waals surface area contributed by atoms with Crippen LogP contribution in [-0.2, 0) is 6.42 Å². The van der Waals surface area contributed by atoms with E-state index in [0.29, 0.717) is 12.1 Å². The van der Waals surface area contributed by atoms with Gasteiger partial charge in [0.05, 0.1) is 7.11 Å². The number of hydrogen-bond acceptors (Lipinski definition) is 4. The van der Waals surface area contributed by atoms with Crippen molar-refractivity contribution in [2.75, 3.05) is 25.5 Å². The molecular weight excluding hydrogens is 314 g/mol. The number of rotatable bonds is 10. The van der Waals surface area contributed by atoms with Gasteiger partial charge in [-0.25, -0.2) is 4.98 Å².